The fourth-order valence-electron chi connectivity index (χ4n) is 4.70. The Morgan fingerprint density at radius 2 is 1.66 bits per heavy atom. The van der Waals surface area contributed by atoms with Gasteiger partial charge in [-0.1, -0.05) is 68.5 Å². The van der Waals surface area contributed by atoms with Gasteiger partial charge in [-0.25, -0.2) is 4.79 Å². The van der Waals surface area contributed by atoms with Crippen LogP contribution >= 0.6 is 0 Å². The van der Waals surface area contributed by atoms with Crippen molar-refractivity contribution in [2.24, 2.45) is 11.8 Å². The lowest BCUT2D eigenvalue weighted by Gasteiger charge is -2.21. The SMILES string of the molecule is C=CCC(NC(=O)OCC1c2ccccc2-c2ccccc21)C(=O)NC[C@H](CC(=O)O)CC(C)C. The highest BCUT2D eigenvalue weighted by molar-refractivity contribution is 5.86. The van der Waals surface area contributed by atoms with E-state index >= 15 is 0 Å². The maximum Gasteiger partial charge on any atom is 0.407 e. The number of benzene rings is 2. The lowest BCUT2D eigenvalue weighted by molar-refractivity contribution is -0.138. The highest BCUT2D eigenvalue weighted by Crippen LogP contribution is 2.44. The lowest BCUT2D eigenvalue weighted by atomic mass is 9.94. The third-order valence-electron chi connectivity index (χ3n) is 6.19. The van der Waals surface area contributed by atoms with Crippen LogP contribution in [0.3, 0.4) is 0 Å². The van der Waals surface area contributed by atoms with Gasteiger partial charge in [0.2, 0.25) is 5.91 Å². The molecule has 0 saturated carbocycles. The van der Waals surface area contributed by atoms with Crippen molar-refractivity contribution in [1.82, 2.24) is 10.6 Å². The van der Waals surface area contributed by atoms with E-state index in [9.17, 15) is 14.4 Å². The van der Waals surface area contributed by atoms with Gasteiger partial charge in [0, 0.05) is 18.9 Å². The standard InChI is InChI=1S/C28H34N2O5/c1-4-9-25(27(33)29-16-19(14-18(2)3)15-26(31)32)30-28(34)35-17-24-22-12-7-5-10-20(22)21-11-6-8-13-23(21)24/h4-8,10-13,18-19,24-25H,1,9,14-17H2,2-3H3,(H,29,33)(H,30,34)(H,31,32)/t19-,25?/m0/s1. The Kier molecular flexibility index (Phi) is 9.06. The number of alkyl carbamates (subject to hydrolysis) is 1. The van der Waals surface area contributed by atoms with Crippen molar-refractivity contribution in [1.29, 1.82) is 0 Å². The van der Waals surface area contributed by atoms with Crippen molar-refractivity contribution in [3.63, 3.8) is 0 Å². The molecule has 0 spiro atoms. The van der Waals surface area contributed by atoms with Crippen LogP contribution in [0, 0.1) is 11.8 Å². The average molecular weight is 479 g/mol. The molecule has 2 aromatic carbocycles. The fourth-order valence-corrected chi connectivity index (χ4v) is 4.70. The van der Waals surface area contributed by atoms with Crippen molar-refractivity contribution in [2.75, 3.05) is 13.2 Å². The largest absolute Gasteiger partial charge is 0.481 e. The Balaban J connectivity index is 1.58. The van der Waals surface area contributed by atoms with E-state index in [0.29, 0.717) is 12.3 Å². The number of hydrogen-bond donors (Lipinski definition) is 3. The molecule has 0 aliphatic heterocycles. The normalized spacial score (nSPS) is 13.9. The number of carboxylic acid groups (broad SMARTS) is 1. The van der Waals surface area contributed by atoms with Gasteiger partial charge < -0.3 is 20.5 Å². The van der Waals surface area contributed by atoms with Gasteiger partial charge in [0.05, 0.1) is 0 Å². The van der Waals surface area contributed by atoms with Crippen molar-refractivity contribution in [2.45, 2.75) is 45.1 Å². The van der Waals surface area contributed by atoms with Crippen LogP contribution in [0.15, 0.2) is 61.2 Å². The summed E-state index contributed by atoms with van der Waals surface area (Å²) < 4.78 is 5.56. The molecule has 2 atom stereocenters. The number of carbonyl (C=O) groups excluding carboxylic acids is 2. The van der Waals surface area contributed by atoms with Crippen LogP contribution in [0.25, 0.3) is 11.1 Å². The number of ether oxygens (including phenoxy) is 1. The molecular weight excluding hydrogens is 444 g/mol. The molecule has 2 aromatic rings. The smallest absolute Gasteiger partial charge is 0.407 e. The maximum atomic E-state index is 12.8. The molecule has 0 radical (unpaired) electrons. The lowest BCUT2D eigenvalue weighted by Crippen LogP contribution is -2.48. The zero-order valence-electron chi connectivity index (χ0n) is 20.3. The highest BCUT2D eigenvalue weighted by atomic mass is 16.5. The Labute approximate surface area is 206 Å². The van der Waals surface area contributed by atoms with E-state index < -0.39 is 24.0 Å². The topological polar surface area (TPSA) is 105 Å². The summed E-state index contributed by atoms with van der Waals surface area (Å²) in [5, 5.41) is 14.6. The number of nitrogens with one attached hydrogen (secondary N) is 2. The molecule has 0 fully saturated rings. The van der Waals surface area contributed by atoms with Gasteiger partial charge in [-0.15, -0.1) is 6.58 Å². The second kappa shape index (κ2) is 12.2. The minimum absolute atomic E-state index is 0.0234. The summed E-state index contributed by atoms with van der Waals surface area (Å²) in [6.07, 6.45) is 1.75. The molecule has 35 heavy (non-hydrogen) atoms. The van der Waals surface area contributed by atoms with Gasteiger partial charge in [0.15, 0.2) is 0 Å². The Morgan fingerprint density at radius 3 is 2.20 bits per heavy atom. The molecule has 0 heterocycles. The fraction of sp³-hybridized carbons (Fsp3) is 0.393. The summed E-state index contributed by atoms with van der Waals surface area (Å²) in [7, 11) is 0. The van der Waals surface area contributed by atoms with Crippen molar-refractivity contribution in [3.05, 3.63) is 72.3 Å². The first-order valence-electron chi connectivity index (χ1n) is 12.0. The third kappa shape index (κ3) is 6.94. The van der Waals surface area contributed by atoms with E-state index in [1.165, 1.54) is 0 Å². The van der Waals surface area contributed by atoms with Crippen LogP contribution in [0.2, 0.25) is 0 Å². The van der Waals surface area contributed by atoms with Crippen LogP contribution in [0.1, 0.15) is 50.2 Å². The average Bonchev–Trinajstić information content (AvgIpc) is 3.14. The first-order chi connectivity index (χ1) is 16.8. The summed E-state index contributed by atoms with van der Waals surface area (Å²) >= 11 is 0. The zero-order chi connectivity index (χ0) is 25.4. The van der Waals surface area contributed by atoms with Gasteiger partial charge in [-0.05, 0) is 46.9 Å². The molecule has 1 aliphatic carbocycles. The van der Waals surface area contributed by atoms with Crippen molar-refractivity contribution in [3.8, 4) is 11.1 Å². The predicted molar refractivity (Wildman–Crippen MR) is 135 cm³/mol. The van der Waals surface area contributed by atoms with E-state index in [1.807, 2.05) is 50.2 Å². The molecule has 7 heteroatoms. The number of carbonyl (C=O) groups is 3. The molecule has 0 bridgehead atoms. The molecule has 3 N–H and O–H groups in total. The Morgan fingerprint density at radius 1 is 1.06 bits per heavy atom. The van der Waals surface area contributed by atoms with Crippen LogP contribution in [0.5, 0.6) is 0 Å². The minimum Gasteiger partial charge on any atom is -0.481 e. The summed E-state index contributed by atoms with van der Waals surface area (Å²) in [4.78, 5) is 36.5. The molecule has 2 amide bonds. The minimum atomic E-state index is -0.899. The summed E-state index contributed by atoms with van der Waals surface area (Å²) in [5.74, 6) is -1.25. The molecule has 1 aliphatic rings. The van der Waals surface area contributed by atoms with Crippen LogP contribution < -0.4 is 10.6 Å². The number of amides is 2. The van der Waals surface area contributed by atoms with Gasteiger partial charge >= 0.3 is 12.1 Å². The van der Waals surface area contributed by atoms with E-state index in [1.54, 1.807) is 6.08 Å². The number of aliphatic carboxylic acids is 1. The van der Waals surface area contributed by atoms with E-state index in [-0.39, 0.29) is 37.8 Å². The first kappa shape index (κ1) is 26.0. The van der Waals surface area contributed by atoms with Gasteiger partial charge in [-0.3, -0.25) is 9.59 Å². The molecule has 1 unspecified atom stereocenters. The van der Waals surface area contributed by atoms with Crippen molar-refractivity contribution >= 4 is 18.0 Å². The number of fused-ring (bicyclic) bond motifs is 3. The van der Waals surface area contributed by atoms with Gasteiger partial charge in [-0.2, -0.15) is 0 Å². The van der Waals surface area contributed by atoms with E-state index in [0.717, 1.165) is 22.3 Å². The maximum absolute atomic E-state index is 12.8. The van der Waals surface area contributed by atoms with Gasteiger partial charge in [0.25, 0.3) is 0 Å². The van der Waals surface area contributed by atoms with Crippen LogP contribution in [0.4, 0.5) is 4.79 Å². The summed E-state index contributed by atoms with van der Waals surface area (Å²) in [6, 6.07) is 15.3. The molecule has 0 saturated heterocycles. The molecule has 186 valence electrons. The molecule has 7 nitrogen and oxygen atoms in total. The van der Waals surface area contributed by atoms with Crippen LogP contribution in [-0.2, 0) is 14.3 Å². The van der Waals surface area contributed by atoms with Crippen LogP contribution in [-0.4, -0.2) is 42.3 Å². The second-order valence-electron chi connectivity index (χ2n) is 9.39. The summed E-state index contributed by atoms with van der Waals surface area (Å²) in [5.41, 5.74) is 4.49. The predicted octanol–water partition coefficient (Wildman–Crippen LogP) is 4.72. The van der Waals surface area contributed by atoms with E-state index in [2.05, 4.69) is 29.3 Å². The number of carboxylic acids is 1. The molecule has 3 rings (SSSR count). The first-order valence-corrected chi connectivity index (χ1v) is 12.0. The van der Waals surface area contributed by atoms with Crippen molar-refractivity contribution < 1.29 is 24.2 Å². The Hall–Kier alpha value is -3.61. The second-order valence-corrected chi connectivity index (χ2v) is 9.39. The molecule has 0 aromatic heterocycles. The quantitative estimate of drug-likeness (QED) is 0.383. The Bertz CT molecular complexity index is 1020. The number of rotatable bonds is 12. The highest BCUT2D eigenvalue weighted by Gasteiger charge is 2.29. The van der Waals surface area contributed by atoms with Gasteiger partial charge in [0.1, 0.15) is 12.6 Å². The molecular formula is C28H34N2O5. The number of hydrogen-bond acceptors (Lipinski definition) is 4. The third-order valence-corrected chi connectivity index (χ3v) is 6.19. The zero-order valence-corrected chi connectivity index (χ0v) is 20.3. The summed E-state index contributed by atoms with van der Waals surface area (Å²) in [6.45, 7) is 8.07. The monoisotopic (exact) mass is 478 g/mol. The van der Waals surface area contributed by atoms with E-state index in [4.69, 9.17) is 9.84 Å².